The number of halogens is 1. The van der Waals surface area contributed by atoms with E-state index in [1.54, 1.807) is 12.1 Å². The summed E-state index contributed by atoms with van der Waals surface area (Å²) in [6.07, 6.45) is 0. The minimum absolute atomic E-state index is 0.0220. The average Bonchev–Trinajstić information content (AvgIpc) is 2.48. The van der Waals surface area contributed by atoms with E-state index >= 15 is 0 Å². The van der Waals surface area contributed by atoms with Gasteiger partial charge in [-0.1, -0.05) is 47.1 Å². The number of rotatable bonds is 4. The Labute approximate surface area is 132 Å². The van der Waals surface area contributed by atoms with Crippen LogP contribution in [0.3, 0.4) is 0 Å². The van der Waals surface area contributed by atoms with Gasteiger partial charge in [0.2, 0.25) is 0 Å². The van der Waals surface area contributed by atoms with E-state index in [2.05, 4.69) is 34.9 Å². The summed E-state index contributed by atoms with van der Waals surface area (Å²) >= 11 is 3.47. The molecular weight excluding hydrogens is 332 g/mol. The van der Waals surface area contributed by atoms with Crippen LogP contribution in [0, 0.1) is 0 Å². The van der Waals surface area contributed by atoms with Gasteiger partial charge in [0, 0.05) is 4.47 Å². The first-order chi connectivity index (χ1) is 10.0. The van der Waals surface area contributed by atoms with Gasteiger partial charge in [-0.05, 0) is 41.8 Å². The van der Waals surface area contributed by atoms with Gasteiger partial charge < -0.3 is 15.7 Å². The first-order valence-corrected chi connectivity index (χ1v) is 7.36. The zero-order valence-electron chi connectivity index (χ0n) is 11.9. The second-order valence-corrected chi connectivity index (χ2v) is 5.84. The van der Waals surface area contributed by atoms with Crippen molar-refractivity contribution in [1.29, 1.82) is 0 Å². The fraction of sp³-hybridized carbons (Fsp3) is 0.188. The number of hydrogen-bond acceptors (Lipinski definition) is 3. The van der Waals surface area contributed by atoms with Crippen LogP contribution in [0.15, 0.2) is 52.1 Å². The fourth-order valence-corrected chi connectivity index (χ4v) is 2.38. The predicted molar refractivity (Wildman–Crippen MR) is 87.3 cm³/mol. The quantitative estimate of drug-likeness (QED) is 0.371. The van der Waals surface area contributed by atoms with Crippen LogP contribution in [-0.2, 0) is 0 Å². The number of oxime groups is 1. The lowest BCUT2D eigenvalue weighted by atomic mass is 10.0. The van der Waals surface area contributed by atoms with Crippen LogP contribution in [0.5, 0.6) is 11.5 Å². The molecule has 0 aliphatic rings. The van der Waals surface area contributed by atoms with Gasteiger partial charge in [-0.3, -0.25) is 0 Å². The van der Waals surface area contributed by atoms with Crippen molar-refractivity contribution in [3.63, 3.8) is 0 Å². The second-order valence-electron chi connectivity index (χ2n) is 4.92. The first kappa shape index (κ1) is 15.4. The molecule has 0 amide bonds. The smallest absolute Gasteiger partial charge is 0.173 e. The summed E-state index contributed by atoms with van der Waals surface area (Å²) in [7, 11) is 0. The Morgan fingerprint density at radius 1 is 1.19 bits per heavy atom. The Balaban J connectivity index is 2.44. The van der Waals surface area contributed by atoms with Crippen molar-refractivity contribution < 1.29 is 9.94 Å². The normalized spacial score (nSPS) is 11.7. The summed E-state index contributed by atoms with van der Waals surface area (Å²) < 4.78 is 6.99. The topological polar surface area (TPSA) is 67.8 Å². The lowest BCUT2D eigenvalue weighted by molar-refractivity contribution is 0.318. The van der Waals surface area contributed by atoms with Gasteiger partial charge in [0.05, 0.1) is 5.56 Å². The van der Waals surface area contributed by atoms with Gasteiger partial charge in [0.15, 0.2) is 5.84 Å². The van der Waals surface area contributed by atoms with Crippen LogP contribution >= 0.6 is 15.9 Å². The minimum Gasteiger partial charge on any atom is -0.456 e. The van der Waals surface area contributed by atoms with Crippen molar-refractivity contribution in [2.45, 2.75) is 19.8 Å². The molecule has 0 aliphatic heterocycles. The van der Waals surface area contributed by atoms with Crippen molar-refractivity contribution in [2.24, 2.45) is 10.9 Å². The summed E-state index contributed by atoms with van der Waals surface area (Å²) in [6, 6.07) is 13.1. The van der Waals surface area contributed by atoms with E-state index in [9.17, 15) is 0 Å². The molecule has 2 aromatic carbocycles. The largest absolute Gasteiger partial charge is 0.456 e. The van der Waals surface area contributed by atoms with Crippen LogP contribution < -0.4 is 10.5 Å². The third-order valence-corrected chi connectivity index (χ3v) is 3.58. The lowest BCUT2D eigenvalue weighted by Gasteiger charge is -2.16. The Hall–Kier alpha value is -2.01. The number of amidine groups is 1. The Kier molecular flexibility index (Phi) is 4.85. The Bertz CT molecular complexity index is 669. The molecule has 0 aromatic heterocycles. The molecule has 0 heterocycles. The van der Waals surface area contributed by atoms with E-state index in [1.807, 2.05) is 30.3 Å². The van der Waals surface area contributed by atoms with E-state index in [0.29, 0.717) is 17.2 Å². The molecule has 0 saturated heterocycles. The molecule has 0 fully saturated rings. The molecule has 0 aliphatic carbocycles. The summed E-state index contributed by atoms with van der Waals surface area (Å²) in [5.74, 6) is 1.64. The van der Waals surface area contributed by atoms with Gasteiger partial charge in [0.25, 0.3) is 0 Å². The number of hydrogen-bond donors (Lipinski definition) is 2. The van der Waals surface area contributed by atoms with Crippen molar-refractivity contribution >= 4 is 21.8 Å². The predicted octanol–water partition coefficient (Wildman–Crippen LogP) is 4.46. The van der Waals surface area contributed by atoms with Gasteiger partial charge in [-0.25, -0.2) is 0 Å². The highest BCUT2D eigenvalue weighted by Crippen LogP contribution is 2.34. The zero-order valence-corrected chi connectivity index (χ0v) is 13.5. The molecule has 0 bridgehead atoms. The number of benzene rings is 2. The standard InChI is InChI=1S/C16H17BrN2O2/c1-10(2)13-9-11(17)7-8-15(13)21-14-6-4-3-5-12(14)16(18)19-20/h3-10,20H,1-2H3,(H2,18,19). The molecule has 0 spiro atoms. The van der Waals surface area contributed by atoms with Gasteiger partial charge in [-0.2, -0.15) is 0 Å². The average molecular weight is 349 g/mol. The highest BCUT2D eigenvalue weighted by Gasteiger charge is 2.13. The monoisotopic (exact) mass is 348 g/mol. The molecule has 2 aromatic rings. The third-order valence-electron chi connectivity index (χ3n) is 3.08. The molecule has 5 heteroatoms. The molecule has 0 atom stereocenters. The maximum atomic E-state index is 8.86. The number of nitrogens with zero attached hydrogens (tertiary/aromatic N) is 1. The van der Waals surface area contributed by atoms with Crippen molar-refractivity contribution in [1.82, 2.24) is 0 Å². The van der Waals surface area contributed by atoms with Gasteiger partial charge in [0.1, 0.15) is 11.5 Å². The van der Waals surface area contributed by atoms with E-state index in [4.69, 9.17) is 15.7 Å². The summed E-state index contributed by atoms with van der Waals surface area (Å²) in [5, 5.41) is 11.9. The SMILES string of the molecule is CC(C)c1cc(Br)ccc1Oc1ccccc1/C(N)=N/O. The van der Waals surface area contributed by atoms with Crippen LogP contribution in [-0.4, -0.2) is 11.0 Å². The van der Waals surface area contributed by atoms with Crippen LogP contribution in [0.4, 0.5) is 0 Å². The van der Waals surface area contributed by atoms with Gasteiger partial charge in [-0.15, -0.1) is 0 Å². The maximum Gasteiger partial charge on any atom is 0.173 e. The summed E-state index contributed by atoms with van der Waals surface area (Å²) in [6.45, 7) is 4.20. The zero-order chi connectivity index (χ0) is 15.4. The third kappa shape index (κ3) is 3.55. The number of nitrogens with two attached hydrogens (primary N) is 1. The van der Waals surface area contributed by atoms with Crippen LogP contribution in [0.25, 0.3) is 0 Å². The van der Waals surface area contributed by atoms with E-state index in [1.165, 1.54) is 0 Å². The lowest BCUT2D eigenvalue weighted by Crippen LogP contribution is -2.14. The van der Waals surface area contributed by atoms with Crippen molar-refractivity contribution in [2.75, 3.05) is 0 Å². The molecule has 0 radical (unpaired) electrons. The molecule has 0 saturated carbocycles. The fourth-order valence-electron chi connectivity index (χ4n) is 2.00. The van der Waals surface area contributed by atoms with E-state index < -0.39 is 0 Å². The number of para-hydroxylation sites is 1. The number of ether oxygens (including phenoxy) is 1. The highest BCUT2D eigenvalue weighted by molar-refractivity contribution is 9.10. The molecule has 21 heavy (non-hydrogen) atoms. The minimum atomic E-state index is 0.0220. The Morgan fingerprint density at radius 2 is 1.90 bits per heavy atom. The highest BCUT2D eigenvalue weighted by atomic mass is 79.9. The Morgan fingerprint density at radius 3 is 2.57 bits per heavy atom. The van der Waals surface area contributed by atoms with Crippen molar-refractivity contribution in [3.05, 3.63) is 58.1 Å². The van der Waals surface area contributed by atoms with Gasteiger partial charge >= 0.3 is 0 Å². The van der Waals surface area contributed by atoms with E-state index in [-0.39, 0.29) is 5.84 Å². The molecule has 110 valence electrons. The first-order valence-electron chi connectivity index (χ1n) is 6.57. The second kappa shape index (κ2) is 6.63. The van der Waals surface area contributed by atoms with Crippen LogP contribution in [0.2, 0.25) is 0 Å². The molecule has 2 rings (SSSR count). The van der Waals surface area contributed by atoms with Crippen molar-refractivity contribution in [3.8, 4) is 11.5 Å². The molecule has 3 N–H and O–H groups in total. The van der Waals surface area contributed by atoms with Crippen LogP contribution in [0.1, 0.15) is 30.9 Å². The van der Waals surface area contributed by atoms with E-state index in [0.717, 1.165) is 15.8 Å². The maximum absolute atomic E-state index is 8.86. The summed E-state index contributed by atoms with van der Waals surface area (Å²) in [5.41, 5.74) is 7.32. The molecule has 0 unspecified atom stereocenters. The molecule has 4 nitrogen and oxygen atoms in total. The summed E-state index contributed by atoms with van der Waals surface area (Å²) in [4.78, 5) is 0. The molecular formula is C16H17BrN2O2.